The summed E-state index contributed by atoms with van der Waals surface area (Å²) >= 11 is 6.01. The van der Waals surface area contributed by atoms with Crippen LogP contribution in [-0.2, 0) is 4.79 Å². The van der Waals surface area contributed by atoms with Crippen LogP contribution in [-0.4, -0.2) is 32.7 Å². The van der Waals surface area contributed by atoms with E-state index < -0.39 is 0 Å². The normalized spacial score (nSPS) is 13.4. The maximum absolute atomic E-state index is 12.2. The van der Waals surface area contributed by atoms with Gasteiger partial charge in [0.15, 0.2) is 12.4 Å². The van der Waals surface area contributed by atoms with Gasteiger partial charge in [0.05, 0.1) is 11.1 Å². The van der Waals surface area contributed by atoms with Crippen LogP contribution >= 0.6 is 11.6 Å². The number of hydrogen-bond donors (Lipinski definition) is 1. The van der Waals surface area contributed by atoms with Gasteiger partial charge in [0, 0.05) is 11.3 Å². The fraction of sp³-hybridized carbons (Fsp3) is 0.222. The highest BCUT2D eigenvalue weighted by Gasteiger charge is 2.28. The highest BCUT2D eigenvalue weighted by Crippen LogP contribution is 2.36. The van der Waals surface area contributed by atoms with Crippen molar-refractivity contribution in [2.75, 3.05) is 11.9 Å². The summed E-state index contributed by atoms with van der Waals surface area (Å²) in [7, 11) is 0. The number of tetrazole rings is 1. The Morgan fingerprint density at radius 2 is 2.08 bits per heavy atom. The van der Waals surface area contributed by atoms with Gasteiger partial charge in [-0.15, -0.1) is 5.10 Å². The first-order valence-corrected chi connectivity index (χ1v) is 8.64. The molecule has 0 bridgehead atoms. The van der Waals surface area contributed by atoms with Crippen molar-refractivity contribution in [3.8, 4) is 17.1 Å². The van der Waals surface area contributed by atoms with Crippen LogP contribution in [0.3, 0.4) is 0 Å². The number of hydrogen-bond acceptors (Lipinski definition) is 5. The minimum atomic E-state index is -0.274. The Kier molecular flexibility index (Phi) is 4.53. The number of benzene rings is 2. The van der Waals surface area contributed by atoms with E-state index in [9.17, 15) is 4.79 Å². The van der Waals surface area contributed by atoms with E-state index in [-0.39, 0.29) is 12.5 Å². The summed E-state index contributed by atoms with van der Waals surface area (Å²) < 4.78 is 7.29. The topological polar surface area (TPSA) is 81.9 Å². The van der Waals surface area contributed by atoms with Crippen LogP contribution in [0.2, 0.25) is 5.02 Å². The molecule has 7 nitrogen and oxygen atoms in total. The van der Waals surface area contributed by atoms with Gasteiger partial charge in [-0.05, 0) is 47.5 Å². The fourth-order valence-corrected chi connectivity index (χ4v) is 2.78. The first-order valence-electron chi connectivity index (χ1n) is 8.26. The molecule has 1 aliphatic rings. The van der Waals surface area contributed by atoms with Gasteiger partial charge in [0.1, 0.15) is 5.75 Å². The molecular formula is C18H16ClN5O2. The molecule has 1 aliphatic carbocycles. The van der Waals surface area contributed by atoms with E-state index in [2.05, 4.69) is 20.8 Å². The maximum Gasteiger partial charge on any atom is 0.262 e. The van der Waals surface area contributed by atoms with E-state index in [0.29, 0.717) is 28.3 Å². The molecule has 2 aromatic carbocycles. The summed E-state index contributed by atoms with van der Waals surface area (Å²) in [6.45, 7) is -0.131. The lowest BCUT2D eigenvalue weighted by atomic mass is 10.2. The average Bonchev–Trinajstić information content (AvgIpc) is 3.38. The highest BCUT2D eigenvalue weighted by atomic mass is 35.5. The zero-order valence-electron chi connectivity index (χ0n) is 13.8. The zero-order chi connectivity index (χ0) is 17.9. The highest BCUT2D eigenvalue weighted by molar-refractivity contribution is 6.32. The molecule has 0 radical (unpaired) electrons. The third kappa shape index (κ3) is 3.67. The molecule has 0 unspecified atom stereocenters. The Labute approximate surface area is 154 Å². The Balaban J connectivity index is 1.43. The summed E-state index contributed by atoms with van der Waals surface area (Å²) in [4.78, 5) is 12.2. The first kappa shape index (κ1) is 16.5. The summed E-state index contributed by atoms with van der Waals surface area (Å²) in [5, 5.41) is 15.2. The van der Waals surface area contributed by atoms with Crippen molar-refractivity contribution in [3.05, 3.63) is 53.6 Å². The molecule has 132 valence electrons. The molecular weight excluding hydrogens is 354 g/mol. The van der Waals surface area contributed by atoms with Crippen molar-refractivity contribution >= 4 is 23.2 Å². The molecule has 1 aromatic heterocycles. The molecule has 1 fully saturated rings. The number of nitrogens with one attached hydrogen (secondary N) is 1. The molecule has 1 saturated carbocycles. The largest absolute Gasteiger partial charge is 0.482 e. The van der Waals surface area contributed by atoms with Crippen molar-refractivity contribution in [1.82, 2.24) is 20.2 Å². The number of carbonyl (C=O) groups excluding carboxylic acids is 1. The van der Waals surface area contributed by atoms with Crippen LogP contribution < -0.4 is 10.1 Å². The van der Waals surface area contributed by atoms with E-state index in [1.807, 2.05) is 28.9 Å². The summed E-state index contributed by atoms with van der Waals surface area (Å²) in [6, 6.07) is 14.8. The number of carbonyl (C=O) groups is 1. The van der Waals surface area contributed by atoms with Gasteiger partial charge in [-0.1, -0.05) is 35.9 Å². The third-order valence-electron chi connectivity index (χ3n) is 3.99. The van der Waals surface area contributed by atoms with Crippen molar-refractivity contribution in [2.45, 2.75) is 18.9 Å². The number of anilines is 1. The molecule has 0 atom stereocenters. The maximum atomic E-state index is 12.2. The van der Waals surface area contributed by atoms with Crippen LogP contribution in [0.5, 0.6) is 5.75 Å². The van der Waals surface area contributed by atoms with E-state index in [1.54, 1.807) is 24.3 Å². The fourth-order valence-electron chi connectivity index (χ4n) is 2.59. The van der Waals surface area contributed by atoms with Gasteiger partial charge < -0.3 is 10.1 Å². The zero-order valence-corrected chi connectivity index (χ0v) is 14.6. The van der Waals surface area contributed by atoms with Crippen LogP contribution in [0.4, 0.5) is 5.69 Å². The average molecular weight is 370 g/mol. The van der Waals surface area contributed by atoms with Crippen molar-refractivity contribution in [3.63, 3.8) is 0 Å². The molecule has 0 aliphatic heterocycles. The van der Waals surface area contributed by atoms with Crippen molar-refractivity contribution < 1.29 is 9.53 Å². The molecule has 3 aromatic rings. The summed E-state index contributed by atoms with van der Waals surface area (Å²) in [5.74, 6) is 0.904. The number of para-hydroxylation sites is 1. The molecule has 1 N–H and O–H groups in total. The molecule has 1 heterocycles. The standard InChI is InChI=1S/C18H16ClN5O2/c19-15-6-1-2-7-16(15)26-11-17(25)20-13-5-3-4-12(10-13)18-21-22-23-24(18)14-8-9-14/h1-7,10,14H,8-9,11H2,(H,20,25). The Bertz CT molecular complexity index is 939. The number of aromatic nitrogens is 4. The van der Waals surface area contributed by atoms with E-state index in [0.717, 1.165) is 18.4 Å². The number of ether oxygens (including phenoxy) is 1. The molecule has 26 heavy (non-hydrogen) atoms. The summed E-state index contributed by atoms with van der Waals surface area (Å²) in [6.07, 6.45) is 2.18. The van der Waals surface area contributed by atoms with Crippen molar-refractivity contribution in [1.29, 1.82) is 0 Å². The van der Waals surface area contributed by atoms with Crippen LogP contribution in [0.25, 0.3) is 11.4 Å². The van der Waals surface area contributed by atoms with Gasteiger partial charge in [0.25, 0.3) is 5.91 Å². The quantitative estimate of drug-likeness (QED) is 0.720. The Hall–Kier alpha value is -2.93. The minimum absolute atomic E-state index is 0.131. The third-order valence-corrected chi connectivity index (χ3v) is 4.30. The summed E-state index contributed by atoms with van der Waals surface area (Å²) in [5.41, 5.74) is 1.51. The van der Waals surface area contributed by atoms with Gasteiger partial charge in [0.2, 0.25) is 0 Å². The molecule has 0 saturated heterocycles. The second kappa shape index (κ2) is 7.13. The predicted octanol–water partition coefficient (Wildman–Crippen LogP) is 3.35. The number of amides is 1. The monoisotopic (exact) mass is 369 g/mol. The van der Waals surface area contributed by atoms with Gasteiger partial charge in [-0.3, -0.25) is 4.79 Å². The van der Waals surface area contributed by atoms with E-state index >= 15 is 0 Å². The van der Waals surface area contributed by atoms with Gasteiger partial charge in [-0.2, -0.15) is 0 Å². The van der Waals surface area contributed by atoms with Crippen LogP contribution in [0.15, 0.2) is 48.5 Å². The lowest BCUT2D eigenvalue weighted by Gasteiger charge is -2.09. The second-order valence-electron chi connectivity index (χ2n) is 6.03. The van der Waals surface area contributed by atoms with Gasteiger partial charge in [-0.25, -0.2) is 4.68 Å². The first-order chi connectivity index (χ1) is 12.7. The number of nitrogens with zero attached hydrogens (tertiary/aromatic N) is 4. The number of rotatable bonds is 6. The minimum Gasteiger partial charge on any atom is -0.482 e. The predicted molar refractivity (Wildman–Crippen MR) is 97.1 cm³/mol. The second-order valence-corrected chi connectivity index (χ2v) is 6.43. The smallest absolute Gasteiger partial charge is 0.262 e. The lowest BCUT2D eigenvalue weighted by Crippen LogP contribution is -2.20. The van der Waals surface area contributed by atoms with Crippen molar-refractivity contribution in [2.24, 2.45) is 0 Å². The van der Waals surface area contributed by atoms with Crippen LogP contribution in [0.1, 0.15) is 18.9 Å². The van der Waals surface area contributed by atoms with Crippen LogP contribution in [0, 0.1) is 0 Å². The van der Waals surface area contributed by atoms with Gasteiger partial charge >= 0.3 is 0 Å². The SMILES string of the molecule is O=C(COc1ccccc1Cl)Nc1cccc(-c2nnnn2C2CC2)c1. The molecule has 4 rings (SSSR count). The Morgan fingerprint density at radius 1 is 1.23 bits per heavy atom. The molecule has 0 spiro atoms. The number of halogens is 1. The molecule has 8 heteroatoms. The van der Waals surface area contributed by atoms with E-state index in [4.69, 9.17) is 16.3 Å². The Morgan fingerprint density at radius 3 is 2.88 bits per heavy atom. The van der Waals surface area contributed by atoms with E-state index in [1.165, 1.54) is 0 Å². The molecule has 1 amide bonds. The lowest BCUT2D eigenvalue weighted by molar-refractivity contribution is -0.118.